The van der Waals surface area contributed by atoms with Crippen molar-refractivity contribution in [3.63, 3.8) is 0 Å². The molecule has 0 saturated heterocycles. The maximum Gasteiger partial charge on any atom is 0.317 e. The Morgan fingerprint density at radius 3 is 1.17 bits per heavy atom. The maximum absolute atomic E-state index is 9.16. The van der Waals surface area contributed by atoms with E-state index in [0.29, 0.717) is 0 Å². The molecule has 0 aliphatic carbocycles. The average Bonchev–Trinajstić information content (AvgIpc) is 0.722. The molecule has 0 aromatic rings. The predicted octanol–water partition coefficient (Wildman–Crippen LogP) is 1.13. The minimum absolute atomic E-state index is 0. The molecular formula is HCl3O2S. The van der Waals surface area contributed by atoms with Crippen molar-refractivity contribution in [2.75, 3.05) is 0 Å². The zero-order valence-electron chi connectivity index (χ0n) is 2.39. The molecule has 0 aromatic carbocycles. The predicted molar refractivity (Wildman–Crippen MR) is 27.9 cm³/mol. The van der Waals surface area contributed by atoms with Gasteiger partial charge in [0.25, 0.3) is 0 Å². The van der Waals surface area contributed by atoms with Crippen LogP contribution in [-0.4, -0.2) is 8.42 Å². The first-order chi connectivity index (χ1) is 2.00. The van der Waals surface area contributed by atoms with Crippen molar-refractivity contribution in [2.24, 2.45) is 0 Å². The summed E-state index contributed by atoms with van der Waals surface area (Å²) in [5.74, 6) is 0. The SMILES string of the molecule is Cl.O=S(=O)(Cl)Cl. The van der Waals surface area contributed by atoms with Crippen LogP contribution in [0.3, 0.4) is 0 Å². The molecule has 0 unspecified atom stereocenters. The summed E-state index contributed by atoms with van der Waals surface area (Å²) in [5, 5.41) is 0. The van der Waals surface area contributed by atoms with E-state index in [0.717, 1.165) is 0 Å². The Morgan fingerprint density at radius 2 is 1.17 bits per heavy atom. The third-order valence-corrected chi connectivity index (χ3v) is 0. The average molecular weight is 171 g/mol. The molecule has 40 valence electrons. The molecule has 0 fully saturated rings. The fourth-order valence-electron chi connectivity index (χ4n) is 0. The largest absolute Gasteiger partial charge is 0.317 e. The van der Waals surface area contributed by atoms with Gasteiger partial charge in [0.15, 0.2) is 0 Å². The Bertz CT molecular complexity index is 92.0. The smallest absolute Gasteiger partial charge is 0.195 e. The lowest BCUT2D eigenvalue weighted by atomic mass is 15.9. The zero-order chi connectivity index (χ0) is 4.50. The molecule has 6 heavy (non-hydrogen) atoms. The second-order valence-corrected chi connectivity index (χ2v) is 4.05. The summed E-state index contributed by atoms with van der Waals surface area (Å²) < 4.78 is 18.3. The molecule has 0 atom stereocenters. The van der Waals surface area contributed by atoms with E-state index in [9.17, 15) is 0 Å². The molecule has 2 nitrogen and oxygen atoms in total. The maximum atomic E-state index is 9.16. The van der Waals surface area contributed by atoms with Gasteiger partial charge in [-0.1, -0.05) is 0 Å². The molecule has 0 radical (unpaired) electrons. The monoisotopic (exact) mass is 170 g/mol. The lowest BCUT2D eigenvalue weighted by Gasteiger charge is -1.61. The molecule has 0 amide bonds. The van der Waals surface area contributed by atoms with E-state index in [2.05, 4.69) is 21.4 Å². The van der Waals surface area contributed by atoms with Crippen LogP contribution < -0.4 is 0 Å². The summed E-state index contributed by atoms with van der Waals surface area (Å²) in [7, 11) is 4.81. The highest BCUT2D eigenvalue weighted by atomic mass is 36.0. The van der Waals surface area contributed by atoms with Gasteiger partial charge in [0.2, 0.25) is 0 Å². The van der Waals surface area contributed by atoms with Gasteiger partial charge < -0.3 is 0 Å². The summed E-state index contributed by atoms with van der Waals surface area (Å²) in [6.07, 6.45) is 0. The van der Waals surface area contributed by atoms with Crippen LogP contribution in [0.15, 0.2) is 0 Å². The van der Waals surface area contributed by atoms with Crippen molar-refractivity contribution < 1.29 is 8.42 Å². The third-order valence-electron chi connectivity index (χ3n) is 0. The fraction of sp³-hybridized carbons (Fsp3) is 0. The van der Waals surface area contributed by atoms with Crippen molar-refractivity contribution in [3.8, 4) is 0 Å². The van der Waals surface area contributed by atoms with E-state index in [1.165, 1.54) is 0 Å². The van der Waals surface area contributed by atoms with Crippen molar-refractivity contribution in [1.29, 1.82) is 0 Å². The second kappa shape index (κ2) is 2.91. The molecule has 0 aromatic heterocycles. The molecule has 0 saturated carbocycles. The van der Waals surface area contributed by atoms with E-state index in [4.69, 9.17) is 8.42 Å². The van der Waals surface area contributed by atoms with Gasteiger partial charge in [-0.25, -0.2) is 0 Å². The number of hydrogen-bond acceptors (Lipinski definition) is 2. The van der Waals surface area contributed by atoms with Crippen molar-refractivity contribution >= 4 is 42.0 Å². The zero-order valence-corrected chi connectivity index (χ0v) is 5.53. The van der Waals surface area contributed by atoms with Crippen LogP contribution in [0.2, 0.25) is 0 Å². The van der Waals surface area contributed by atoms with Crippen LogP contribution in [-0.2, 0) is 8.26 Å². The Hall–Kier alpha value is 0.820. The summed E-state index contributed by atoms with van der Waals surface area (Å²) in [4.78, 5) is 0. The van der Waals surface area contributed by atoms with Gasteiger partial charge in [0.1, 0.15) is 0 Å². The Kier molecular flexibility index (Phi) is 4.82. The quantitative estimate of drug-likeness (QED) is 0.512. The van der Waals surface area contributed by atoms with Gasteiger partial charge in [0.05, 0.1) is 0 Å². The highest BCUT2D eigenvalue weighted by molar-refractivity contribution is 8.31. The molecular weight excluding hydrogens is 170 g/mol. The standard InChI is InChI=1S/Cl2O2S.ClH/c1-5(2,3)4;/h;1H. The van der Waals surface area contributed by atoms with Gasteiger partial charge in [-0.3, -0.25) is 0 Å². The molecule has 0 bridgehead atoms. The van der Waals surface area contributed by atoms with Crippen molar-refractivity contribution in [3.05, 3.63) is 0 Å². The lowest BCUT2D eigenvalue weighted by Crippen LogP contribution is -1.63. The summed E-state index contributed by atoms with van der Waals surface area (Å²) in [6.45, 7) is 0. The highest BCUT2D eigenvalue weighted by Gasteiger charge is 1.88. The van der Waals surface area contributed by atoms with E-state index < -0.39 is 8.26 Å². The normalized spacial score (nSPS) is 9.67. The Balaban J connectivity index is 0. The van der Waals surface area contributed by atoms with Crippen LogP contribution in [0.5, 0.6) is 0 Å². The Morgan fingerprint density at radius 1 is 1.17 bits per heavy atom. The van der Waals surface area contributed by atoms with E-state index in [-0.39, 0.29) is 12.4 Å². The van der Waals surface area contributed by atoms with E-state index in [1.54, 1.807) is 0 Å². The molecule has 0 heterocycles. The van der Waals surface area contributed by atoms with Crippen molar-refractivity contribution in [2.45, 2.75) is 0 Å². The fourth-order valence-corrected chi connectivity index (χ4v) is 0. The lowest BCUT2D eigenvalue weighted by molar-refractivity contribution is 0.621. The first kappa shape index (κ1) is 9.94. The minimum Gasteiger partial charge on any atom is -0.195 e. The van der Waals surface area contributed by atoms with E-state index in [1.807, 2.05) is 0 Å². The number of rotatable bonds is 0. The highest BCUT2D eigenvalue weighted by Crippen LogP contribution is 1.98. The Labute approximate surface area is 50.8 Å². The molecule has 0 rings (SSSR count). The van der Waals surface area contributed by atoms with E-state index >= 15 is 0 Å². The van der Waals surface area contributed by atoms with Gasteiger partial charge in [-0.05, 0) is 0 Å². The van der Waals surface area contributed by atoms with Crippen LogP contribution >= 0.6 is 33.8 Å². The van der Waals surface area contributed by atoms with Crippen LogP contribution in [0, 0.1) is 0 Å². The topological polar surface area (TPSA) is 34.1 Å². The molecule has 6 heteroatoms. The molecule has 0 aliphatic rings. The first-order valence-corrected chi connectivity index (χ1v) is 3.78. The first-order valence-electron chi connectivity index (χ1n) is 0.642. The van der Waals surface area contributed by atoms with Crippen LogP contribution in [0.25, 0.3) is 0 Å². The van der Waals surface area contributed by atoms with Gasteiger partial charge in [-0.15, -0.1) is 12.4 Å². The summed E-state index contributed by atoms with van der Waals surface area (Å²) >= 11 is 0. The molecule has 0 N–H and O–H groups in total. The second-order valence-electron chi connectivity index (χ2n) is 0.378. The number of hydrogen-bond donors (Lipinski definition) is 0. The summed E-state index contributed by atoms with van der Waals surface area (Å²) in [5.41, 5.74) is 0. The molecule has 0 spiro atoms. The van der Waals surface area contributed by atoms with Gasteiger partial charge >= 0.3 is 8.26 Å². The molecule has 0 aliphatic heterocycles. The van der Waals surface area contributed by atoms with Gasteiger partial charge in [-0.2, -0.15) is 8.42 Å². The summed E-state index contributed by atoms with van der Waals surface area (Å²) in [6, 6.07) is 0. The minimum atomic E-state index is -3.72. The van der Waals surface area contributed by atoms with Gasteiger partial charge in [0, 0.05) is 21.4 Å². The van der Waals surface area contributed by atoms with Crippen LogP contribution in [0.4, 0.5) is 0 Å². The number of halogens is 3. The van der Waals surface area contributed by atoms with Crippen LogP contribution in [0.1, 0.15) is 0 Å². The van der Waals surface area contributed by atoms with Crippen molar-refractivity contribution in [1.82, 2.24) is 0 Å². The third kappa shape index (κ3) is 105.